The number of hydrogen-bond donors (Lipinski definition) is 2. The van der Waals surface area contributed by atoms with E-state index in [0.29, 0.717) is 27.6 Å². The van der Waals surface area contributed by atoms with Crippen LogP contribution in [0.25, 0.3) is 33.2 Å². The Balaban J connectivity index is 1.74. The number of benzene rings is 2. The minimum atomic E-state index is -1.76. The van der Waals surface area contributed by atoms with Crippen LogP contribution in [0.2, 0.25) is 5.02 Å². The van der Waals surface area contributed by atoms with Gasteiger partial charge in [0.1, 0.15) is 6.07 Å². The van der Waals surface area contributed by atoms with Crippen molar-refractivity contribution in [3.8, 4) is 28.5 Å². The van der Waals surface area contributed by atoms with Crippen LogP contribution in [0, 0.1) is 17.1 Å². The molecule has 3 heterocycles. The van der Waals surface area contributed by atoms with Crippen LogP contribution in [0.5, 0.6) is 0 Å². The maximum Gasteiger partial charge on any atom is 0.272 e. The number of anilines is 1. The lowest BCUT2D eigenvalue weighted by Crippen LogP contribution is -2.20. The Morgan fingerprint density at radius 2 is 2.08 bits per heavy atom. The summed E-state index contributed by atoms with van der Waals surface area (Å²) in [6.45, 7) is 0.215. The van der Waals surface area contributed by atoms with Crippen molar-refractivity contribution in [1.82, 2.24) is 20.0 Å². The van der Waals surface area contributed by atoms with Gasteiger partial charge >= 0.3 is 0 Å². The third-order valence-electron chi connectivity index (χ3n) is 6.53. The summed E-state index contributed by atoms with van der Waals surface area (Å²) >= 11 is 6.27. The number of rotatable bonds is 4. The largest absolute Gasteiger partial charge is 0.366 e. The molecule has 188 valence electrons. The second kappa shape index (κ2) is 9.38. The zero-order valence-electron chi connectivity index (χ0n) is 19.4. The fourth-order valence-corrected chi connectivity index (χ4v) is 4.90. The van der Waals surface area contributed by atoms with Crippen molar-refractivity contribution in [2.75, 3.05) is 18.0 Å². The standard InChI is InChI=1S/C25H19ClF3N7O/c1-35-23(17(10-32-35)12-2-3-14-15(6-12)19(9-31)33-34-25(14)37)21-16(8-30)20(7-18(26)22(21)27)36-5-4-13(11-36)24(28)29/h2-3,6-7,10H,4-5,9,11,31H2,1H3,(H,34,37). The number of nitrogens with zero attached hydrogens (tertiary/aromatic N) is 5. The molecule has 0 atom stereocenters. The molecular formula is C25H19ClF3N7O. The van der Waals surface area contributed by atoms with Crippen LogP contribution in [0.3, 0.4) is 0 Å². The molecule has 0 bridgehead atoms. The molecule has 1 fully saturated rings. The van der Waals surface area contributed by atoms with Crippen molar-refractivity contribution in [1.29, 1.82) is 5.26 Å². The van der Waals surface area contributed by atoms with Crippen LogP contribution in [0.15, 0.2) is 46.9 Å². The Morgan fingerprint density at radius 3 is 2.76 bits per heavy atom. The van der Waals surface area contributed by atoms with Crippen LogP contribution in [-0.2, 0) is 13.6 Å². The molecule has 1 aliphatic heterocycles. The van der Waals surface area contributed by atoms with Crippen molar-refractivity contribution in [2.45, 2.75) is 13.0 Å². The number of aryl methyl sites for hydroxylation is 1. The van der Waals surface area contributed by atoms with E-state index in [9.17, 15) is 18.8 Å². The van der Waals surface area contributed by atoms with Gasteiger partial charge in [-0.2, -0.15) is 24.2 Å². The second-order valence-electron chi connectivity index (χ2n) is 8.58. The number of nitrogens with one attached hydrogen (secondary N) is 1. The van der Waals surface area contributed by atoms with Crippen LogP contribution < -0.4 is 16.2 Å². The minimum Gasteiger partial charge on any atom is -0.366 e. The molecule has 0 amide bonds. The van der Waals surface area contributed by atoms with E-state index in [4.69, 9.17) is 17.3 Å². The first-order chi connectivity index (χ1) is 17.7. The zero-order chi connectivity index (χ0) is 26.4. The maximum absolute atomic E-state index is 15.6. The first kappa shape index (κ1) is 24.5. The van der Waals surface area contributed by atoms with E-state index in [0.717, 1.165) is 0 Å². The van der Waals surface area contributed by atoms with E-state index >= 15 is 4.39 Å². The third-order valence-corrected chi connectivity index (χ3v) is 6.81. The van der Waals surface area contributed by atoms with Gasteiger partial charge in [0.15, 0.2) is 5.82 Å². The van der Waals surface area contributed by atoms with Gasteiger partial charge in [-0.25, -0.2) is 9.49 Å². The smallest absolute Gasteiger partial charge is 0.272 e. The second-order valence-corrected chi connectivity index (χ2v) is 8.99. The molecule has 3 N–H and O–H groups in total. The van der Waals surface area contributed by atoms with Gasteiger partial charge in [0.05, 0.1) is 44.8 Å². The monoisotopic (exact) mass is 525 g/mol. The molecule has 4 aromatic rings. The molecule has 5 rings (SSSR count). The molecule has 2 aromatic carbocycles. The fraction of sp³-hybridized carbons (Fsp3) is 0.200. The van der Waals surface area contributed by atoms with Crippen molar-refractivity contribution in [2.24, 2.45) is 12.8 Å². The van der Waals surface area contributed by atoms with Crippen molar-refractivity contribution in [3.63, 3.8) is 0 Å². The Hall–Kier alpha value is -4.14. The maximum atomic E-state index is 15.6. The molecule has 0 saturated carbocycles. The Labute approximate surface area is 213 Å². The average Bonchev–Trinajstić information content (AvgIpc) is 3.53. The average molecular weight is 526 g/mol. The fourth-order valence-electron chi connectivity index (χ4n) is 4.70. The summed E-state index contributed by atoms with van der Waals surface area (Å²) in [7, 11) is 1.59. The van der Waals surface area contributed by atoms with Gasteiger partial charge in [0.25, 0.3) is 11.6 Å². The third kappa shape index (κ3) is 4.04. The molecule has 1 saturated heterocycles. The predicted molar refractivity (Wildman–Crippen MR) is 134 cm³/mol. The summed E-state index contributed by atoms with van der Waals surface area (Å²) < 4.78 is 43.4. The van der Waals surface area contributed by atoms with E-state index in [1.165, 1.54) is 16.9 Å². The summed E-state index contributed by atoms with van der Waals surface area (Å²) in [5.74, 6) is -0.833. The van der Waals surface area contributed by atoms with E-state index in [2.05, 4.69) is 15.3 Å². The number of hydrogen-bond acceptors (Lipinski definition) is 6. The summed E-state index contributed by atoms with van der Waals surface area (Å²) in [5.41, 5.74) is 7.26. The molecule has 0 spiro atoms. The van der Waals surface area contributed by atoms with Gasteiger partial charge in [0.2, 0.25) is 0 Å². The Bertz CT molecular complexity index is 1700. The van der Waals surface area contributed by atoms with Crippen LogP contribution >= 0.6 is 11.6 Å². The van der Waals surface area contributed by atoms with E-state index in [-0.39, 0.29) is 64.7 Å². The molecule has 12 heteroatoms. The molecule has 8 nitrogen and oxygen atoms in total. The van der Waals surface area contributed by atoms with Gasteiger partial charge in [0, 0.05) is 43.2 Å². The van der Waals surface area contributed by atoms with Gasteiger partial charge < -0.3 is 10.6 Å². The van der Waals surface area contributed by atoms with Gasteiger partial charge in [-0.3, -0.25) is 9.48 Å². The molecule has 0 radical (unpaired) electrons. The minimum absolute atomic E-state index is 0.0393. The highest BCUT2D eigenvalue weighted by atomic mass is 35.5. The highest BCUT2D eigenvalue weighted by Crippen LogP contribution is 2.43. The van der Waals surface area contributed by atoms with Gasteiger partial charge in [-0.05, 0) is 30.2 Å². The number of halogens is 4. The first-order valence-corrected chi connectivity index (χ1v) is 11.6. The van der Waals surface area contributed by atoms with E-state index in [1.54, 1.807) is 30.1 Å². The van der Waals surface area contributed by atoms with Crippen LogP contribution in [-0.4, -0.2) is 33.1 Å². The van der Waals surface area contributed by atoms with Gasteiger partial charge in [-0.1, -0.05) is 17.7 Å². The number of nitriles is 1. The van der Waals surface area contributed by atoms with E-state index in [1.807, 2.05) is 6.07 Å². The summed E-state index contributed by atoms with van der Waals surface area (Å²) in [4.78, 5) is 13.8. The van der Waals surface area contributed by atoms with Crippen molar-refractivity contribution in [3.05, 3.63) is 74.6 Å². The highest BCUT2D eigenvalue weighted by molar-refractivity contribution is 6.31. The molecule has 2 aromatic heterocycles. The lowest BCUT2D eigenvalue weighted by Gasteiger charge is -2.22. The number of H-pyrrole nitrogens is 1. The summed E-state index contributed by atoms with van der Waals surface area (Å²) in [5, 5.41) is 21.5. The predicted octanol–water partition coefficient (Wildman–Crippen LogP) is 4.47. The molecule has 1 aliphatic rings. The zero-order valence-corrected chi connectivity index (χ0v) is 20.2. The highest BCUT2D eigenvalue weighted by Gasteiger charge is 2.29. The Morgan fingerprint density at radius 1 is 1.30 bits per heavy atom. The molecule has 37 heavy (non-hydrogen) atoms. The van der Waals surface area contributed by atoms with Crippen molar-refractivity contribution < 1.29 is 13.2 Å². The summed E-state index contributed by atoms with van der Waals surface area (Å²) in [6, 6.07) is 8.32. The molecule has 0 aliphatic carbocycles. The normalized spacial score (nSPS) is 13.4. The topological polar surface area (TPSA) is 117 Å². The number of aromatic amines is 1. The lowest BCUT2D eigenvalue weighted by molar-refractivity contribution is 0.410. The quantitative estimate of drug-likeness (QED) is 0.406. The molecule has 0 unspecified atom stereocenters. The van der Waals surface area contributed by atoms with Crippen LogP contribution in [0.4, 0.5) is 18.9 Å². The lowest BCUT2D eigenvalue weighted by atomic mass is 9.95. The van der Waals surface area contributed by atoms with Gasteiger partial charge in [-0.15, -0.1) is 0 Å². The summed E-state index contributed by atoms with van der Waals surface area (Å²) in [6.07, 6.45) is -0.123. The van der Waals surface area contributed by atoms with E-state index < -0.39 is 11.9 Å². The Kier molecular flexibility index (Phi) is 6.23. The van der Waals surface area contributed by atoms with Crippen molar-refractivity contribution >= 4 is 28.1 Å². The first-order valence-electron chi connectivity index (χ1n) is 11.2. The van der Waals surface area contributed by atoms with Crippen LogP contribution in [0.1, 0.15) is 17.7 Å². The molecular weight excluding hydrogens is 507 g/mol. The number of aromatic nitrogens is 4. The number of nitrogens with two attached hydrogens (primary N) is 1. The number of fused-ring (bicyclic) bond motifs is 1. The SMILES string of the molecule is Cn1ncc(-c2ccc3c(=O)[nH]nc(CN)c3c2)c1-c1c(F)c(Cl)cc(N2CCC(=C(F)F)C2)c1C#N.